The molecule has 0 saturated heterocycles. The van der Waals surface area contributed by atoms with Gasteiger partial charge in [0.15, 0.2) is 12.2 Å². The minimum Gasteiger partial charge on any atom is -0.462 e. The van der Waals surface area contributed by atoms with Crippen molar-refractivity contribution in [1.29, 1.82) is 0 Å². The molecule has 98 heavy (non-hydrogen) atoms. The van der Waals surface area contributed by atoms with Crippen molar-refractivity contribution in [3.63, 3.8) is 0 Å². The van der Waals surface area contributed by atoms with Crippen molar-refractivity contribution in [3.8, 4) is 0 Å². The molecule has 0 radical (unpaired) electrons. The molecule has 0 saturated carbocycles. The quantitative estimate of drug-likeness (QED) is 0.0169. The lowest BCUT2D eigenvalue weighted by Gasteiger charge is -2.21. The van der Waals surface area contributed by atoms with Gasteiger partial charge in [-0.1, -0.05) is 262 Å². The van der Waals surface area contributed by atoms with Crippen LogP contribution in [0.1, 0.15) is 362 Å². The summed E-state index contributed by atoms with van der Waals surface area (Å²) in [6, 6.07) is 0. The first-order valence-electron chi connectivity index (χ1n) is 39.5. The molecule has 0 aliphatic rings. The second-order valence-electron chi connectivity index (χ2n) is 26.6. The molecule has 0 spiro atoms. The van der Waals surface area contributed by atoms with Gasteiger partial charge in [0.2, 0.25) is 0 Å². The van der Waals surface area contributed by atoms with Crippen LogP contribution in [0.2, 0.25) is 0 Å². The molecule has 0 amide bonds. The molecule has 0 fully saturated rings. The molecule has 2 unspecified atom stereocenters. The summed E-state index contributed by atoms with van der Waals surface area (Å²) >= 11 is 0. The number of ether oxygens (including phenoxy) is 4. The maximum absolute atomic E-state index is 13.1. The van der Waals surface area contributed by atoms with E-state index in [0.29, 0.717) is 25.7 Å². The Hall–Kier alpha value is -3.24. The van der Waals surface area contributed by atoms with E-state index in [1.165, 1.54) is 122 Å². The number of aliphatic hydroxyl groups excluding tert-OH is 1. The van der Waals surface area contributed by atoms with Crippen LogP contribution in [0.25, 0.3) is 0 Å². The highest BCUT2D eigenvalue weighted by molar-refractivity contribution is 7.47. The van der Waals surface area contributed by atoms with E-state index < -0.39 is 97.5 Å². The zero-order valence-electron chi connectivity index (χ0n) is 62.5. The van der Waals surface area contributed by atoms with Crippen LogP contribution in [0.3, 0.4) is 0 Å². The molecule has 0 rings (SSSR count). The van der Waals surface area contributed by atoms with Gasteiger partial charge in [0.05, 0.1) is 26.4 Å². The number of phosphoric acid groups is 2. The number of aliphatic hydroxyl groups is 1. The SMILES string of the molecule is CCCCC/C=C\C/C=C\CCCCCCCC(=O)O[C@H](COC(=O)CCCCCCC/C=C\CCCCCCCC)COP(=O)(O)OC[C@H](O)COP(=O)(O)OC[C@@H](COC(=O)CCCCCCC/C=C\CCCCCC)OC(=O)CCCCCCC/C=C\CCCCCCCC. The first-order valence-corrected chi connectivity index (χ1v) is 42.5. The Bertz CT molecular complexity index is 2100. The standard InChI is InChI=1S/C79H144O17P2/c1-5-9-13-17-21-25-29-33-36-40-44-48-52-56-60-64-77(82)90-70-75(96-79(84)66-62-58-54-50-46-42-38-35-31-27-23-19-15-11-7-3)72-94-98(87,88)92-68-73(80)67-91-97(85,86)93-71-74(69-89-76(81)63-59-55-51-47-43-39-32-28-24-20-16-12-8-4)95-78(83)65-61-57-53-49-45-41-37-34-30-26-22-18-14-10-6-2/h23,27-28,32-38,73-75,80H,5-22,24-26,29-31,39-72H2,1-4H3,(H,85,86)(H,87,88)/b27-23-,32-28-,36-33-,37-34-,38-35-/t73-,74-,75-/m1/s1. The van der Waals surface area contributed by atoms with Crippen LogP contribution in [0, 0.1) is 0 Å². The summed E-state index contributed by atoms with van der Waals surface area (Å²) in [5, 5.41) is 10.6. The zero-order valence-corrected chi connectivity index (χ0v) is 64.3. The van der Waals surface area contributed by atoms with Crippen LogP contribution in [-0.4, -0.2) is 96.7 Å². The number of carbonyl (C=O) groups excluding carboxylic acids is 4. The minimum atomic E-state index is -4.97. The average Bonchev–Trinajstić information content (AvgIpc) is 1.04. The molecule has 0 aromatic rings. The average molecular weight is 1430 g/mol. The third kappa shape index (κ3) is 71.2. The lowest BCUT2D eigenvalue weighted by molar-refractivity contribution is -0.161. The Morgan fingerprint density at radius 2 is 0.500 bits per heavy atom. The van der Waals surface area contributed by atoms with E-state index in [4.69, 9.17) is 37.0 Å². The van der Waals surface area contributed by atoms with E-state index in [1.54, 1.807) is 0 Å². The molecule has 0 heterocycles. The van der Waals surface area contributed by atoms with Crippen molar-refractivity contribution in [2.75, 3.05) is 39.6 Å². The summed E-state index contributed by atoms with van der Waals surface area (Å²) < 4.78 is 68.5. The van der Waals surface area contributed by atoms with Crippen molar-refractivity contribution in [1.82, 2.24) is 0 Å². The highest BCUT2D eigenvalue weighted by atomic mass is 31.2. The second kappa shape index (κ2) is 72.1. The van der Waals surface area contributed by atoms with Crippen LogP contribution in [0.15, 0.2) is 60.8 Å². The number of allylic oxidation sites excluding steroid dienone is 10. The molecule has 0 bridgehead atoms. The van der Waals surface area contributed by atoms with Crippen LogP contribution < -0.4 is 0 Å². The van der Waals surface area contributed by atoms with Gasteiger partial charge in [0.25, 0.3) is 0 Å². The van der Waals surface area contributed by atoms with Crippen LogP contribution in [0.4, 0.5) is 0 Å². The third-order valence-electron chi connectivity index (χ3n) is 16.9. The largest absolute Gasteiger partial charge is 0.472 e. The Kier molecular flexibility index (Phi) is 69.7. The fourth-order valence-corrected chi connectivity index (χ4v) is 12.4. The Morgan fingerprint density at radius 1 is 0.286 bits per heavy atom. The van der Waals surface area contributed by atoms with Crippen molar-refractivity contribution < 1.29 is 80.2 Å². The van der Waals surface area contributed by atoms with Crippen molar-refractivity contribution in [2.45, 2.75) is 380 Å². The predicted molar refractivity (Wildman–Crippen MR) is 400 cm³/mol. The van der Waals surface area contributed by atoms with Gasteiger partial charge in [-0.05, 0) is 135 Å². The molecular formula is C79H144O17P2. The number of hydrogen-bond acceptors (Lipinski definition) is 15. The van der Waals surface area contributed by atoms with E-state index in [0.717, 1.165) is 161 Å². The van der Waals surface area contributed by atoms with Gasteiger partial charge >= 0.3 is 39.5 Å². The van der Waals surface area contributed by atoms with E-state index >= 15 is 0 Å². The minimum absolute atomic E-state index is 0.0808. The number of unbranched alkanes of at least 4 members (excludes halogenated alkanes) is 39. The third-order valence-corrected chi connectivity index (χ3v) is 18.8. The Morgan fingerprint density at radius 3 is 0.796 bits per heavy atom. The number of rotatable bonds is 75. The van der Waals surface area contributed by atoms with Crippen LogP contribution in [0.5, 0.6) is 0 Å². The fourth-order valence-electron chi connectivity index (χ4n) is 10.8. The highest BCUT2D eigenvalue weighted by Crippen LogP contribution is 2.45. The van der Waals surface area contributed by atoms with Gasteiger partial charge in [0, 0.05) is 25.7 Å². The molecule has 17 nitrogen and oxygen atoms in total. The van der Waals surface area contributed by atoms with Gasteiger partial charge < -0.3 is 33.8 Å². The zero-order chi connectivity index (χ0) is 71.8. The van der Waals surface area contributed by atoms with Gasteiger partial charge in [-0.25, -0.2) is 9.13 Å². The van der Waals surface area contributed by atoms with Gasteiger partial charge in [0.1, 0.15) is 19.3 Å². The summed E-state index contributed by atoms with van der Waals surface area (Å²) in [7, 11) is -9.95. The van der Waals surface area contributed by atoms with Crippen LogP contribution >= 0.6 is 15.6 Å². The topological polar surface area (TPSA) is 237 Å². The molecule has 0 aromatic carbocycles. The lowest BCUT2D eigenvalue weighted by atomic mass is 10.1. The number of phosphoric ester groups is 2. The number of esters is 4. The smallest absolute Gasteiger partial charge is 0.462 e. The Balaban J connectivity index is 5.35. The summed E-state index contributed by atoms with van der Waals surface area (Å²) in [6.45, 7) is 4.84. The molecule has 0 aliphatic carbocycles. The lowest BCUT2D eigenvalue weighted by Crippen LogP contribution is -2.30. The first-order chi connectivity index (χ1) is 47.7. The molecular weight excluding hydrogens is 1280 g/mol. The van der Waals surface area contributed by atoms with Crippen molar-refractivity contribution in [2.24, 2.45) is 0 Å². The fraction of sp³-hybridized carbons (Fsp3) is 0.823. The Labute approximate surface area is 597 Å². The molecule has 5 atom stereocenters. The summed E-state index contributed by atoms with van der Waals surface area (Å²) in [4.78, 5) is 72.9. The normalized spacial score (nSPS) is 14.2. The molecule has 0 aliphatic heterocycles. The van der Waals surface area contributed by atoms with E-state index in [-0.39, 0.29) is 25.7 Å². The van der Waals surface area contributed by atoms with Gasteiger partial charge in [-0.2, -0.15) is 0 Å². The summed E-state index contributed by atoms with van der Waals surface area (Å²) in [6.07, 6.45) is 70.5. The van der Waals surface area contributed by atoms with Crippen LogP contribution in [-0.2, 0) is 65.4 Å². The number of hydrogen-bond donors (Lipinski definition) is 3. The van der Waals surface area contributed by atoms with E-state index in [1.807, 2.05) is 0 Å². The van der Waals surface area contributed by atoms with E-state index in [2.05, 4.69) is 88.5 Å². The maximum atomic E-state index is 13.1. The second-order valence-corrected chi connectivity index (χ2v) is 29.5. The summed E-state index contributed by atoms with van der Waals surface area (Å²) in [5.74, 6) is -2.19. The first kappa shape index (κ1) is 94.8. The van der Waals surface area contributed by atoms with Gasteiger partial charge in [-0.15, -0.1) is 0 Å². The maximum Gasteiger partial charge on any atom is 0.472 e. The van der Waals surface area contributed by atoms with Gasteiger partial charge in [-0.3, -0.25) is 37.3 Å². The number of carbonyl (C=O) groups is 4. The molecule has 572 valence electrons. The summed E-state index contributed by atoms with van der Waals surface area (Å²) in [5.41, 5.74) is 0. The highest BCUT2D eigenvalue weighted by Gasteiger charge is 2.30. The monoisotopic (exact) mass is 1430 g/mol. The molecule has 3 N–H and O–H groups in total. The predicted octanol–water partition coefficient (Wildman–Crippen LogP) is 22.7. The van der Waals surface area contributed by atoms with Crippen molar-refractivity contribution >= 4 is 39.5 Å². The molecule has 0 aromatic heterocycles. The van der Waals surface area contributed by atoms with E-state index in [9.17, 15) is 43.2 Å². The molecule has 19 heteroatoms. The van der Waals surface area contributed by atoms with Crippen molar-refractivity contribution in [3.05, 3.63) is 60.8 Å².